The van der Waals surface area contributed by atoms with Gasteiger partial charge in [-0.2, -0.15) is 4.98 Å². The summed E-state index contributed by atoms with van der Waals surface area (Å²) >= 11 is 11.2. The van der Waals surface area contributed by atoms with Gasteiger partial charge in [-0.1, -0.05) is 22.9 Å². The third kappa shape index (κ3) is 5.24. The zero-order chi connectivity index (χ0) is 22.0. The van der Waals surface area contributed by atoms with Gasteiger partial charge in [-0.3, -0.25) is 4.79 Å². The first-order chi connectivity index (χ1) is 14.9. The maximum Gasteiger partial charge on any atom is 0.305 e. The number of ether oxygens (including phenoxy) is 2. The van der Waals surface area contributed by atoms with Crippen molar-refractivity contribution in [1.29, 1.82) is 0 Å². The van der Waals surface area contributed by atoms with Gasteiger partial charge >= 0.3 is 5.97 Å². The maximum absolute atomic E-state index is 13.5. The molecule has 164 valence electrons. The summed E-state index contributed by atoms with van der Waals surface area (Å²) in [4.78, 5) is 26.9. The molecule has 3 heterocycles. The van der Waals surface area contributed by atoms with Gasteiger partial charge in [0.15, 0.2) is 15.9 Å². The summed E-state index contributed by atoms with van der Waals surface area (Å²) in [5.74, 6) is 0.329. The molecule has 0 N–H and O–H groups in total. The molecule has 2 aromatic heterocycles. The Morgan fingerprint density at radius 1 is 1.32 bits per heavy atom. The summed E-state index contributed by atoms with van der Waals surface area (Å²) in [5.41, 5.74) is 0.530. The van der Waals surface area contributed by atoms with Crippen LogP contribution >= 0.6 is 38.9 Å². The minimum atomic E-state index is -0.325. The number of carbonyl (C=O) groups excluding carboxylic acids is 1. The van der Waals surface area contributed by atoms with Crippen molar-refractivity contribution in [3.8, 4) is 5.75 Å². The fourth-order valence-electron chi connectivity index (χ4n) is 3.30. The van der Waals surface area contributed by atoms with Gasteiger partial charge in [0.2, 0.25) is 0 Å². The molecule has 0 saturated carbocycles. The van der Waals surface area contributed by atoms with Crippen LogP contribution in [-0.4, -0.2) is 47.2 Å². The van der Waals surface area contributed by atoms with Crippen LogP contribution in [0.5, 0.6) is 5.75 Å². The molecule has 7 nitrogen and oxygen atoms in total. The smallest absolute Gasteiger partial charge is 0.305 e. The van der Waals surface area contributed by atoms with Crippen LogP contribution in [0.1, 0.15) is 25.1 Å². The van der Waals surface area contributed by atoms with E-state index in [0.29, 0.717) is 28.8 Å². The molecule has 3 aromatic rings. The number of esters is 1. The van der Waals surface area contributed by atoms with Gasteiger partial charge in [-0.05, 0) is 28.1 Å². The average Bonchev–Trinajstić information content (AvgIpc) is 3.20. The van der Waals surface area contributed by atoms with E-state index in [4.69, 9.17) is 16.3 Å². The summed E-state index contributed by atoms with van der Waals surface area (Å²) in [6.07, 6.45) is 2.08. The van der Waals surface area contributed by atoms with E-state index in [9.17, 15) is 9.18 Å². The number of aromatic nitrogens is 3. The lowest BCUT2D eigenvalue weighted by atomic mass is 10.1. The highest BCUT2D eigenvalue weighted by Gasteiger charge is 2.24. The Morgan fingerprint density at radius 2 is 2.10 bits per heavy atom. The molecule has 1 aliphatic rings. The van der Waals surface area contributed by atoms with E-state index in [0.717, 1.165) is 40.2 Å². The fraction of sp³-hybridized carbons (Fsp3) is 0.400. The number of hydrogen-bond acceptors (Lipinski definition) is 8. The van der Waals surface area contributed by atoms with Crippen molar-refractivity contribution in [2.24, 2.45) is 0 Å². The summed E-state index contributed by atoms with van der Waals surface area (Å²) in [6, 6.07) is 4.43. The highest BCUT2D eigenvalue weighted by molar-refractivity contribution is 9.10. The number of carbonyl (C=O) groups is 1. The van der Waals surface area contributed by atoms with Crippen LogP contribution in [0.15, 0.2) is 22.7 Å². The standard InChI is InChI=1S/C20H19BrClFN4O3S/c1-29-16(28)5-4-15-24-18(22)17-19(25-15)26-20(31-17)27-8-6-12(7-9-27)30-14-10-11(23)2-3-13(14)21/h2-3,10,12H,4-9H2,1H3. The van der Waals surface area contributed by atoms with Gasteiger partial charge in [0.25, 0.3) is 0 Å². The maximum atomic E-state index is 13.5. The molecule has 1 aromatic carbocycles. The number of anilines is 1. The number of halogens is 3. The van der Waals surface area contributed by atoms with Gasteiger partial charge in [0.1, 0.15) is 28.2 Å². The number of thiazole rings is 1. The third-order valence-corrected chi connectivity index (χ3v) is 7.08. The van der Waals surface area contributed by atoms with Crippen molar-refractivity contribution >= 4 is 60.3 Å². The predicted octanol–water partition coefficient (Wildman–Crippen LogP) is 4.79. The van der Waals surface area contributed by atoms with Crippen molar-refractivity contribution in [2.45, 2.75) is 31.8 Å². The zero-order valence-corrected chi connectivity index (χ0v) is 19.8. The highest BCUT2D eigenvalue weighted by Crippen LogP contribution is 2.34. The molecule has 1 fully saturated rings. The van der Waals surface area contributed by atoms with Crippen LogP contribution in [0.3, 0.4) is 0 Å². The second kappa shape index (κ2) is 9.62. The van der Waals surface area contributed by atoms with E-state index in [1.807, 2.05) is 0 Å². The summed E-state index contributed by atoms with van der Waals surface area (Å²) in [7, 11) is 1.34. The lowest BCUT2D eigenvalue weighted by molar-refractivity contribution is -0.140. The van der Waals surface area contributed by atoms with Crippen molar-refractivity contribution in [2.75, 3.05) is 25.1 Å². The first-order valence-corrected chi connectivity index (χ1v) is 11.7. The number of hydrogen-bond donors (Lipinski definition) is 0. The lowest BCUT2D eigenvalue weighted by Crippen LogP contribution is -2.38. The fourth-order valence-corrected chi connectivity index (χ4v) is 4.87. The SMILES string of the molecule is COC(=O)CCc1nc(Cl)c2sc(N3CCC(Oc4cc(F)ccc4Br)CC3)nc2n1. The van der Waals surface area contributed by atoms with E-state index in [1.165, 1.54) is 30.6 Å². The van der Waals surface area contributed by atoms with Gasteiger partial charge in [0.05, 0.1) is 18.0 Å². The van der Waals surface area contributed by atoms with E-state index in [-0.39, 0.29) is 24.3 Å². The number of methoxy groups -OCH3 is 1. The second-order valence-electron chi connectivity index (χ2n) is 7.03. The van der Waals surface area contributed by atoms with Crippen LogP contribution in [0, 0.1) is 5.82 Å². The van der Waals surface area contributed by atoms with Crippen molar-refractivity contribution in [3.63, 3.8) is 0 Å². The Bertz CT molecular complexity index is 1110. The molecule has 1 aliphatic heterocycles. The van der Waals surface area contributed by atoms with E-state index >= 15 is 0 Å². The van der Waals surface area contributed by atoms with Crippen molar-refractivity contribution in [3.05, 3.63) is 39.5 Å². The Labute approximate surface area is 195 Å². The van der Waals surface area contributed by atoms with Crippen LogP contribution in [0.2, 0.25) is 5.15 Å². The summed E-state index contributed by atoms with van der Waals surface area (Å²) in [6.45, 7) is 1.50. The number of piperidine rings is 1. The van der Waals surface area contributed by atoms with Crippen LogP contribution in [0.25, 0.3) is 10.3 Å². The number of rotatable bonds is 6. The highest BCUT2D eigenvalue weighted by atomic mass is 79.9. The first kappa shape index (κ1) is 22.2. The molecular formula is C20H19BrClFN4O3S. The Hall–Kier alpha value is -2.04. The van der Waals surface area contributed by atoms with E-state index in [1.54, 1.807) is 6.07 Å². The Kier molecular flexibility index (Phi) is 6.88. The molecule has 0 radical (unpaired) electrons. The number of benzene rings is 1. The van der Waals surface area contributed by atoms with Gasteiger partial charge < -0.3 is 14.4 Å². The lowest BCUT2D eigenvalue weighted by Gasteiger charge is -2.32. The quantitative estimate of drug-likeness (QED) is 0.335. The van der Waals surface area contributed by atoms with Crippen LogP contribution < -0.4 is 9.64 Å². The third-order valence-electron chi connectivity index (χ3n) is 4.93. The average molecular weight is 530 g/mol. The molecule has 0 amide bonds. The molecule has 0 aliphatic carbocycles. The Morgan fingerprint density at radius 3 is 2.84 bits per heavy atom. The molecule has 0 spiro atoms. The molecular weight excluding hydrogens is 511 g/mol. The summed E-state index contributed by atoms with van der Waals surface area (Å²) in [5, 5.41) is 1.16. The molecule has 0 atom stereocenters. The monoisotopic (exact) mass is 528 g/mol. The van der Waals surface area contributed by atoms with Crippen LogP contribution in [0.4, 0.5) is 9.52 Å². The number of fused-ring (bicyclic) bond motifs is 1. The van der Waals surface area contributed by atoms with Gasteiger partial charge in [-0.25, -0.2) is 14.4 Å². The molecule has 31 heavy (non-hydrogen) atoms. The molecule has 11 heteroatoms. The topological polar surface area (TPSA) is 77.4 Å². The predicted molar refractivity (Wildman–Crippen MR) is 121 cm³/mol. The largest absolute Gasteiger partial charge is 0.489 e. The van der Waals surface area contributed by atoms with Gasteiger partial charge in [-0.15, -0.1) is 0 Å². The minimum Gasteiger partial charge on any atom is -0.489 e. The molecule has 0 unspecified atom stereocenters. The minimum absolute atomic E-state index is 0.00275. The Balaban J connectivity index is 1.42. The van der Waals surface area contributed by atoms with E-state index < -0.39 is 0 Å². The van der Waals surface area contributed by atoms with E-state index in [2.05, 4.69) is 40.5 Å². The van der Waals surface area contributed by atoms with Crippen molar-refractivity contribution < 1.29 is 18.7 Å². The molecule has 1 saturated heterocycles. The zero-order valence-electron chi connectivity index (χ0n) is 16.6. The second-order valence-corrected chi connectivity index (χ2v) is 9.22. The summed E-state index contributed by atoms with van der Waals surface area (Å²) < 4.78 is 25.6. The molecule has 0 bridgehead atoms. The van der Waals surface area contributed by atoms with Crippen molar-refractivity contribution in [1.82, 2.24) is 15.0 Å². The molecule has 4 rings (SSSR count). The van der Waals surface area contributed by atoms with Gasteiger partial charge in [0, 0.05) is 38.4 Å². The van der Waals surface area contributed by atoms with Crippen LogP contribution in [-0.2, 0) is 16.0 Å². The number of nitrogens with zero attached hydrogens (tertiary/aromatic N) is 4. The normalized spacial score (nSPS) is 14.8. The first-order valence-electron chi connectivity index (χ1n) is 9.69. The number of aryl methyl sites for hydroxylation is 1.